The van der Waals surface area contributed by atoms with Crippen LogP contribution in [0.5, 0.6) is 11.5 Å². The van der Waals surface area contributed by atoms with Gasteiger partial charge < -0.3 is 19.2 Å². The van der Waals surface area contributed by atoms with E-state index in [4.69, 9.17) is 37.1 Å². The van der Waals surface area contributed by atoms with Crippen LogP contribution in [0.2, 0.25) is 10.0 Å². The van der Waals surface area contributed by atoms with Gasteiger partial charge in [-0.2, -0.15) is 0 Å². The van der Waals surface area contributed by atoms with Crippen LogP contribution in [0.3, 0.4) is 0 Å². The molecule has 0 spiro atoms. The van der Waals surface area contributed by atoms with Crippen LogP contribution in [-0.2, 0) is 26.1 Å². The highest BCUT2D eigenvalue weighted by atomic mass is 35.5. The number of oxazole rings is 1. The predicted octanol–water partition coefficient (Wildman–Crippen LogP) is 5.28. The fourth-order valence-electron chi connectivity index (χ4n) is 3.98. The first-order chi connectivity index (χ1) is 18.0. The summed E-state index contributed by atoms with van der Waals surface area (Å²) in [5.74, 6) is 1.56. The average molecular weight is 539 g/mol. The zero-order valence-corrected chi connectivity index (χ0v) is 21.3. The highest BCUT2D eigenvalue weighted by Gasteiger charge is 2.19. The minimum absolute atomic E-state index is 0.214. The van der Waals surface area contributed by atoms with Crippen LogP contribution >= 0.6 is 23.2 Å². The molecule has 2 aromatic heterocycles. The Morgan fingerprint density at radius 3 is 2.73 bits per heavy atom. The van der Waals surface area contributed by atoms with Crippen molar-refractivity contribution >= 4 is 29.1 Å². The van der Waals surface area contributed by atoms with Gasteiger partial charge in [0, 0.05) is 48.0 Å². The highest BCUT2D eigenvalue weighted by molar-refractivity contribution is 6.35. The number of carbonyl (C=O) groups excluding carboxylic acids is 1. The second-order valence-electron chi connectivity index (χ2n) is 8.52. The van der Waals surface area contributed by atoms with Crippen molar-refractivity contribution in [3.05, 3.63) is 106 Å². The number of benzene rings is 2. The molecule has 1 N–H and O–H groups in total. The van der Waals surface area contributed by atoms with Gasteiger partial charge in [-0.3, -0.25) is 14.7 Å². The molecule has 4 aromatic rings. The van der Waals surface area contributed by atoms with Gasteiger partial charge in [-0.1, -0.05) is 41.4 Å². The van der Waals surface area contributed by atoms with Gasteiger partial charge in [-0.05, 0) is 47.5 Å². The molecule has 2 aromatic carbocycles. The van der Waals surface area contributed by atoms with Crippen LogP contribution in [0, 0.1) is 0 Å². The van der Waals surface area contributed by atoms with Gasteiger partial charge in [-0.15, -0.1) is 0 Å². The molecule has 37 heavy (non-hydrogen) atoms. The summed E-state index contributed by atoms with van der Waals surface area (Å²) in [5, 5.41) is 4.00. The quantitative estimate of drug-likeness (QED) is 0.293. The molecule has 190 valence electrons. The summed E-state index contributed by atoms with van der Waals surface area (Å²) in [7, 11) is 0. The van der Waals surface area contributed by atoms with Gasteiger partial charge in [0.2, 0.25) is 12.7 Å². The summed E-state index contributed by atoms with van der Waals surface area (Å²) in [6.07, 6.45) is 3.73. The van der Waals surface area contributed by atoms with Crippen molar-refractivity contribution in [3.63, 3.8) is 0 Å². The van der Waals surface area contributed by atoms with Crippen LogP contribution < -0.4 is 14.8 Å². The highest BCUT2D eigenvalue weighted by Crippen LogP contribution is 2.33. The molecule has 10 heteroatoms. The first-order valence-corrected chi connectivity index (χ1v) is 12.5. The third kappa shape index (κ3) is 6.60. The molecule has 8 nitrogen and oxygen atoms in total. The summed E-state index contributed by atoms with van der Waals surface area (Å²) in [4.78, 5) is 23.4. The van der Waals surface area contributed by atoms with Crippen molar-refractivity contribution in [3.8, 4) is 11.5 Å². The lowest BCUT2D eigenvalue weighted by molar-refractivity contribution is 0.0949. The van der Waals surface area contributed by atoms with Crippen LogP contribution in [0.15, 0.2) is 71.5 Å². The zero-order valence-electron chi connectivity index (χ0n) is 19.8. The number of aromatic nitrogens is 2. The number of rotatable bonds is 10. The number of fused-ring (bicyclic) bond motifs is 1. The third-order valence-electron chi connectivity index (χ3n) is 5.79. The molecule has 3 heterocycles. The molecule has 5 rings (SSSR count). The number of amides is 1. The van der Waals surface area contributed by atoms with E-state index >= 15 is 0 Å². The van der Waals surface area contributed by atoms with Crippen molar-refractivity contribution < 1.29 is 18.7 Å². The zero-order chi connectivity index (χ0) is 25.6. The number of hydrogen-bond donors (Lipinski definition) is 1. The normalized spacial score (nSPS) is 12.2. The molecular weight excluding hydrogens is 515 g/mol. The van der Waals surface area contributed by atoms with E-state index in [2.05, 4.69) is 20.2 Å². The summed E-state index contributed by atoms with van der Waals surface area (Å²) in [6.45, 7) is 2.09. The molecule has 0 radical (unpaired) electrons. The number of ether oxygens (including phenoxy) is 2. The van der Waals surface area contributed by atoms with E-state index in [0.717, 1.165) is 22.6 Å². The largest absolute Gasteiger partial charge is 0.454 e. The van der Waals surface area contributed by atoms with Crippen LogP contribution in [-0.4, -0.2) is 34.1 Å². The monoisotopic (exact) mass is 538 g/mol. The van der Waals surface area contributed by atoms with E-state index < -0.39 is 0 Å². The van der Waals surface area contributed by atoms with Crippen LogP contribution in [0.25, 0.3) is 0 Å². The number of nitrogens with one attached hydrogen (secondary N) is 1. The Morgan fingerprint density at radius 2 is 1.89 bits per heavy atom. The van der Waals surface area contributed by atoms with Gasteiger partial charge in [-0.25, -0.2) is 4.98 Å². The number of nitrogens with zero attached hydrogens (tertiary/aromatic N) is 3. The van der Waals surface area contributed by atoms with Gasteiger partial charge in [0.15, 0.2) is 17.2 Å². The van der Waals surface area contributed by atoms with Gasteiger partial charge >= 0.3 is 0 Å². The smallest absolute Gasteiger partial charge is 0.273 e. The Labute approximate surface area is 224 Å². The van der Waals surface area contributed by atoms with Crippen molar-refractivity contribution in [2.24, 2.45) is 0 Å². The summed E-state index contributed by atoms with van der Waals surface area (Å²) in [5.41, 5.74) is 3.06. The Hall–Kier alpha value is -3.59. The number of pyridine rings is 1. The number of halogens is 2. The Kier molecular flexibility index (Phi) is 7.89. The van der Waals surface area contributed by atoms with E-state index in [9.17, 15) is 4.79 Å². The topological polar surface area (TPSA) is 89.7 Å². The van der Waals surface area contributed by atoms with Gasteiger partial charge in [0.25, 0.3) is 5.91 Å². The summed E-state index contributed by atoms with van der Waals surface area (Å²) >= 11 is 12.5. The Balaban J connectivity index is 1.26. The third-order valence-corrected chi connectivity index (χ3v) is 6.38. The lowest BCUT2D eigenvalue weighted by Gasteiger charge is -2.22. The molecule has 1 aliphatic rings. The van der Waals surface area contributed by atoms with Crippen LogP contribution in [0.1, 0.15) is 33.2 Å². The average Bonchev–Trinajstić information content (AvgIpc) is 3.56. The van der Waals surface area contributed by atoms with Gasteiger partial charge in [0.05, 0.1) is 6.54 Å². The minimum atomic E-state index is -0.297. The van der Waals surface area contributed by atoms with E-state index in [1.54, 1.807) is 18.3 Å². The summed E-state index contributed by atoms with van der Waals surface area (Å²) in [6, 6.07) is 16.9. The first kappa shape index (κ1) is 25.1. The SMILES string of the molecule is O=C(NCCc1ccccn1)c1coc(CN(Cc2ccc3c(c2)OCO3)Cc2ccc(Cl)cc2Cl)n1. The fraction of sp³-hybridized carbons (Fsp3) is 0.222. The van der Waals surface area contributed by atoms with E-state index in [0.29, 0.717) is 54.3 Å². The second kappa shape index (κ2) is 11.6. The van der Waals surface area contributed by atoms with Gasteiger partial charge in [0.1, 0.15) is 6.26 Å². The standard InChI is InChI=1S/C27H24Cl2N4O4/c28-20-6-5-19(22(29)12-20)14-33(13-18-4-7-24-25(11-18)37-17-36-24)15-26-32-23(16-35-26)27(34)31-10-8-21-3-1-2-9-30-21/h1-7,9,11-12,16H,8,10,13-15,17H2,(H,31,34). The molecule has 0 fully saturated rings. The van der Waals surface area contributed by atoms with Crippen LogP contribution in [0.4, 0.5) is 0 Å². The Morgan fingerprint density at radius 1 is 1.00 bits per heavy atom. The van der Waals surface area contributed by atoms with E-state index in [1.807, 2.05) is 42.5 Å². The molecule has 0 unspecified atom stereocenters. The maximum Gasteiger partial charge on any atom is 0.273 e. The molecule has 0 bridgehead atoms. The molecule has 0 saturated carbocycles. The molecule has 1 amide bonds. The predicted molar refractivity (Wildman–Crippen MR) is 139 cm³/mol. The molecule has 0 aliphatic carbocycles. The van der Waals surface area contributed by atoms with Crippen molar-refractivity contribution in [2.45, 2.75) is 26.1 Å². The van der Waals surface area contributed by atoms with E-state index in [1.165, 1.54) is 6.26 Å². The first-order valence-electron chi connectivity index (χ1n) is 11.7. The molecule has 0 atom stereocenters. The van der Waals surface area contributed by atoms with Crippen molar-refractivity contribution in [1.82, 2.24) is 20.2 Å². The van der Waals surface area contributed by atoms with Crippen molar-refractivity contribution in [1.29, 1.82) is 0 Å². The molecular formula is C27H24Cl2N4O4. The lowest BCUT2D eigenvalue weighted by Crippen LogP contribution is -2.26. The fourth-order valence-corrected chi connectivity index (χ4v) is 4.44. The maximum absolute atomic E-state index is 12.6. The summed E-state index contributed by atoms with van der Waals surface area (Å²) < 4.78 is 16.6. The van der Waals surface area contributed by atoms with E-state index in [-0.39, 0.29) is 18.4 Å². The Bertz CT molecular complexity index is 1380. The molecule has 1 aliphatic heterocycles. The number of carbonyl (C=O) groups is 1. The maximum atomic E-state index is 12.6. The molecule has 0 saturated heterocycles. The number of hydrogen-bond acceptors (Lipinski definition) is 7. The minimum Gasteiger partial charge on any atom is -0.454 e. The second-order valence-corrected chi connectivity index (χ2v) is 9.37. The van der Waals surface area contributed by atoms with Crippen molar-refractivity contribution in [2.75, 3.05) is 13.3 Å². The lowest BCUT2D eigenvalue weighted by atomic mass is 10.1.